The first kappa shape index (κ1) is 28.3. The van der Waals surface area contributed by atoms with Crippen LogP contribution in [0.4, 0.5) is 17.6 Å². The lowest BCUT2D eigenvalue weighted by Gasteiger charge is -2.31. The number of fused-ring (bicyclic) bond motifs is 1. The van der Waals surface area contributed by atoms with Gasteiger partial charge in [-0.25, -0.2) is 9.97 Å². The van der Waals surface area contributed by atoms with Gasteiger partial charge in [0.2, 0.25) is 17.6 Å². The molecule has 4 aromatic rings. The van der Waals surface area contributed by atoms with Gasteiger partial charge in [-0.3, -0.25) is 9.69 Å². The van der Waals surface area contributed by atoms with Crippen molar-refractivity contribution in [2.24, 2.45) is 5.73 Å². The lowest BCUT2D eigenvalue weighted by Crippen LogP contribution is -2.41. The Hall–Kier alpha value is -4.84. The minimum Gasteiger partial charge on any atom is -0.493 e. The maximum Gasteiger partial charge on any atom is 0.240 e. The third kappa shape index (κ3) is 5.78. The number of benzene rings is 2. The van der Waals surface area contributed by atoms with Gasteiger partial charge in [0.25, 0.3) is 0 Å². The van der Waals surface area contributed by atoms with Crippen molar-refractivity contribution < 1.29 is 19.0 Å². The Balaban J connectivity index is 1.32. The molecule has 0 unspecified atom stereocenters. The average molecular weight is 585 g/mol. The second kappa shape index (κ2) is 12.2. The van der Waals surface area contributed by atoms with Crippen LogP contribution in [0.15, 0.2) is 55.0 Å². The average Bonchev–Trinajstić information content (AvgIpc) is 3.71. The second-order valence-electron chi connectivity index (χ2n) is 10.7. The number of nitrogens with one attached hydrogen (secondary N) is 1. The first-order chi connectivity index (χ1) is 21.0. The van der Waals surface area contributed by atoms with Crippen LogP contribution in [-0.2, 0) is 24.3 Å². The van der Waals surface area contributed by atoms with Crippen LogP contribution in [0.3, 0.4) is 0 Å². The molecule has 1 fully saturated rings. The van der Waals surface area contributed by atoms with Crippen molar-refractivity contribution in [3.8, 4) is 22.9 Å². The van der Waals surface area contributed by atoms with Crippen LogP contribution in [0.25, 0.3) is 5.69 Å². The van der Waals surface area contributed by atoms with E-state index in [1.807, 2.05) is 33.9 Å². The van der Waals surface area contributed by atoms with E-state index >= 15 is 0 Å². The zero-order valence-electron chi connectivity index (χ0n) is 24.6. The summed E-state index contributed by atoms with van der Waals surface area (Å²) in [6, 6.07) is 13.7. The van der Waals surface area contributed by atoms with Crippen molar-refractivity contribution >= 4 is 23.5 Å². The molecule has 1 atom stereocenters. The fourth-order valence-electron chi connectivity index (χ4n) is 5.85. The van der Waals surface area contributed by atoms with Gasteiger partial charge in [0, 0.05) is 43.9 Å². The number of amides is 1. The van der Waals surface area contributed by atoms with Crippen LogP contribution < -0.4 is 30.2 Å². The van der Waals surface area contributed by atoms with Crippen molar-refractivity contribution in [1.29, 1.82) is 0 Å². The SMILES string of the molecule is COc1cc(-n2cnc(Nc3nc(N4CCC[C@H]4C(N)=O)nc4c3CCN(Cc3ccccc3)C4)c2)cc(OC)c1OC. The Morgan fingerprint density at radius 1 is 1.05 bits per heavy atom. The van der Waals surface area contributed by atoms with Gasteiger partial charge in [0.15, 0.2) is 11.5 Å². The number of hydrogen-bond donors (Lipinski definition) is 2. The molecule has 4 heterocycles. The summed E-state index contributed by atoms with van der Waals surface area (Å²) in [7, 11) is 4.74. The molecule has 0 aliphatic carbocycles. The summed E-state index contributed by atoms with van der Waals surface area (Å²) >= 11 is 0. The van der Waals surface area contributed by atoms with E-state index in [0.717, 1.165) is 42.9 Å². The maximum atomic E-state index is 12.2. The molecule has 1 amide bonds. The zero-order chi connectivity index (χ0) is 29.9. The van der Waals surface area contributed by atoms with Gasteiger partial charge in [-0.1, -0.05) is 30.3 Å². The second-order valence-corrected chi connectivity index (χ2v) is 10.7. The highest BCUT2D eigenvalue weighted by Gasteiger charge is 2.33. The van der Waals surface area contributed by atoms with Crippen molar-refractivity contribution in [1.82, 2.24) is 24.4 Å². The van der Waals surface area contributed by atoms with E-state index in [-0.39, 0.29) is 5.91 Å². The van der Waals surface area contributed by atoms with Gasteiger partial charge >= 0.3 is 0 Å². The third-order valence-electron chi connectivity index (χ3n) is 8.00. The molecule has 12 heteroatoms. The molecule has 2 aliphatic heterocycles. The number of carbonyl (C=O) groups is 1. The molecule has 2 aromatic heterocycles. The summed E-state index contributed by atoms with van der Waals surface area (Å²) in [4.78, 5) is 31.1. The molecule has 0 spiro atoms. The molecule has 0 saturated carbocycles. The van der Waals surface area contributed by atoms with Crippen molar-refractivity contribution in [3.63, 3.8) is 0 Å². The third-order valence-corrected chi connectivity index (χ3v) is 8.00. The molecule has 43 heavy (non-hydrogen) atoms. The van der Waals surface area contributed by atoms with E-state index in [1.54, 1.807) is 27.7 Å². The van der Waals surface area contributed by atoms with Crippen LogP contribution in [0.2, 0.25) is 0 Å². The van der Waals surface area contributed by atoms with Crippen molar-refractivity contribution in [2.45, 2.75) is 38.4 Å². The Morgan fingerprint density at radius 2 is 1.81 bits per heavy atom. The quantitative estimate of drug-likeness (QED) is 0.286. The minimum absolute atomic E-state index is 0.358. The number of ether oxygens (including phenoxy) is 3. The standard InChI is InChI=1S/C31H36N8O4/c1-41-25-14-21(15-26(42-2)28(25)43-3)38-18-27(33-19-38)35-30-22-11-13-37(16-20-8-5-4-6-9-20)17-23(22)34-31(36-30)39-12-7-10-24(39)29(32)40/h4-6,8-9,14-15,18-19,24H,7,10-13,16-17H2,1-3H3,(H2,32,40)(H,34,35,36)/t24-/m0/s1. The normalized spacial score (nSPS) is 16.5. The number of nitrogens with zero attached hydrogens (tertiary/aromatic N) is 6. The molecule has 6 rings (SSSR count). The number of primary amides is 1. The number of imidazole rings is 1. The van der Waals surface area contributed by atoms with Gasteiger partial charge in [-0.15, -0.1) is 0 Å². The predicted molar refractivity (Wildman–Crippen MR) is 162 cm³/mol. The fourth-order valence-corrected chi connectivity index (χ4v) is 5.85. The summed E-state index contributed by atoms with van der Waals surface area (Å²) in [6.07, 6.45) is 5.91. The number of methoxy groups -OCH3 is 3. The van der Waals surface area contributed by atoms with Crippen LogP contribution in [-0.4, -0.2) is 70.8 Å². The molecule has 1 saturated heterocycles. The van der Waals surface area contributed by atoms with Crippen LogP contribution in [0.1, 0.15) is 29.7 Å². The lowest BCUT2D eigenvalue weighted by atomic mass is 10.0. The van der Waals surface area contributed by atoms with Crippen molar-refractivity contribution in [2.75, 3.05) is 44.6 Å². The summed E-state index contributed by atoms with van der Waals surface area (Å²) in [5.41, 5.74) is 9.78. The van der Waals surface area contributed by atoms with Gasteiger partial charge in [-0.05, 0) is 24.8 Å². The van der Waals surface area contributed by atoms with E-state index in [4.69, 9.17) is 29.9 Å². The summed E-state index contributed by atoms with van der Waals surface area (Å²) in [6.45, 7) is 3.04. The van der Waals surface area contributed by atoms with Crippen LogP contribution in [0.5, 0.6) is 17.2 Å². The highest BCUT2D eigenvalue weighted by Crippen LogP contribution is 2.39. The molecule has 0 radical (unpaired) electrons. The minimum atomic E-state index is -0.422. The smallest absolute Gasteiger partial charge is 0.240 e. The Kier molecular flexibility index (Phi) is 8.01. The number of aromatic nitrogens is 4. The molecular formula is C31H36N8O4. The Labute approximate surface area is 250 Å². The first-order valence-corrected chi connectivity index (χ1v) is 14.3. The molecule has 12 nitrogen and oxygen atoms in total. The Bertz CT molecular complexity index is 1580. The lowest BCUT2D eigenvalue weighted by molar-refractivity contribution is -0.119. The largest absolute Gasteiger partial charge is 0.493 e. The number of nitrogens with two attached hydrogens (primary N) is 1. The molecule has 224 valence electrons. The van der Waals surface area contributed by atoms with Gasteiger partial charge in [0.1, 0.15) is 24.0 Å². The predicted octanol–water partition coefficient (Wildman–Crippen LogP) is 3.44. The van der Waals surface area contributed by atoms with Gasteiger partial charge < -0.3 is 34.7 Å². The molecule has 3 N–H and O–H groups in total. The molecule has 0 bridgehead atoms. The van der Waals surface area contributed by atoms with Gasteiger partial charge in [0.05, 0.1) is 38.9 Å². The van der Waals surface area contributed by atoms with Crippen LogP contribution >= 0.6 is 0 Å². The fraction of sp³-hybridized carbons (Fsp3) is 0.355. The number of anilines is 3. The zero-order valence-corrected chi connectivity index (χ0v) is 24.6. The molecule has 2 aromatic carbocycles. The van der Waals surface area contributed by atoms with E-state index in [0.29, 0.717) is 54.3 Å². The number of carbonyl (C=O) groups excluding carboxylic acids is 1. The topological polar surface area (TPSA) is 133 Å². The highest BCUT2D eigenvalue weighted by molar-refractivity contribution is 5.83. The monoisotopic (exact) mass is 584 g/mol. The highest BCUT2D eigenvalue weighted by atomic mass is 16.5. The molecule has 2 aliphatic rings. The van der Waals surface area contributed by atoms with Crippen LogP contribution in [0, 0.1) is 0 Å². The van der Waals surface area contributed by atoms with Crippen molar-refractivity contribution in [3.05, 3.63) is 71.8 Å². The Morgan fingerprint density at radius 3 is 2.51 bits per heavy atom. The summed E-state index contributed by atoms with van der Waals surface area (Å²) in [5, 5.41) is 3.44. The summed E-state index contributed by atoms with van der Waals surface area (Å²) in [5.74, 6) is 3.06. The first-order valence-electron chi connectivity index (χ1n) is 14.3. The summed E-state index contributed by atoms with van der Waals surface area (Å²) < 4.78 is 18.4. The van der Waals surface area contributed by atoms with E-state index in [2.05, 4.69) is 39.5 Å². The van der Waals surface area contributed by atoms with E-state index < -0.39 is 6.04 Å². The van der Waals surface area contributed by atoms with E-state index in [1.165, 1.54) is 5.56 Å². The number of rotatable bonds is 10. The van der Waals surface area contributed by atoms with E-state index in [9.17, 15) is 4.79 Å². The van der Waals surface area contributed by atoms with Gasteiger partial charge in [-0.2, -0.15) is 4.98 Å². The molecular weight excluding hydrogens is 548 g/mol. The maximum absolute atomic E-state index is 12.2. The number of hydrogen-bond acceptors (Lipinski definition) is 10.